The van der Waals surface area contributed by atoms with E-state index in [1.165, 1.54) is 6.92 Å². The van der Waals surface area contributed by atoms with Crippen molar-refractivity contribution in [2.45, 2.75) is 80.1 Å². The van der Waals surface area contributed by atoms with E-state index >= 15 is 0 Å². The van der Waals surface area contributed by atoms with Gasteiger partial charge in [0.25, 0.3) is 0 Å². The first kappa shape index (κ1) is 29.4. The number of rotatable bonds is 11. The molecule has 1 aromatic rings. The number of anilines is 1. The zero-order valence-electron chi connectivity index (χ0n) is 21.7. The molecule has 0 spiro atoms. The molecule has 1 unspecified atom stereocenters. The monoisotopic (exact) mass is 471 g/mol. The number of hydrogen-bond donors (Lipinski definition) is 0. The molecule has 6 heteroatoms. The molecule has 0 radical (unpaired) electrons. The summed E-state index contributed by atoms with van der Waals surface area (Å²) in [7, 11) is 0. The summed E-state index contributed by atoms with van der Waals surface area (Å²) < 4.78 is 0. The number of Topliss-reactive ketones (excluding diaryl/α,β-unsaturated/α-hetero) is 4. The summed E-state index contributed by atoms with van der Waals surface area (Å²) in [6, 6.07) is 5.56. The van der Waals surface area contributed by atoms with Crippen molar-refractivity contribution in [1.29, 1.82) is 0 Å². The Morgan fingerprint density at radius 2 is 1.65 bits per heavy atom. The number of ketones is 4. The Hall–Kier alpha value is -2.63. The second-order valence-electron chi connectivity index (χ2n) is 9.58. The average Bonchev–Trinajstić information content (AvgIpc) is 2.82. The molecule has 188 valence electrons. The lowest BCUT2D eigenvalue weighted by Gasteiger charge is -2.33. The van der Waals surface area contributed by atoms with Crippen molar-refractivity contribution in [2.75, 3.05) is 18.0 Å². The van der Waals surface area contributed by atoms with Crippen LogP contribution >= 0.6 is 0 Å². The highest BCUT2D eigenvalue weighted by Crippen LogP contribution is 2.27. The summed E-state index contributed by atoms with van der Waals surface area (Å²) in [5.74, 6) is 0.742. The van der Waals surface area contributed by atoms with Gasteiger partial charge in [0.1, 0.15) is 17.9 Å². The third kappa shape index (κ3) is 9.32. The Bertz CT molecular complexity index is 866. The first-order valence-corrected chi connectivity index (χ1v) is 12.4. The minimum atomic E-state index is -0.127. The number of hydrogen-bond acceptors (Lipinski definition) is 6. The lowest BCUT2D eigenvalue weighted by Crippen LogP contribution is -2.34. The van der Waals surface area contributed by atoms with Crippen LogP contribution in [0.3, 0.4) is 0 Å². The summed E-state index contributed by atoms with van der Waals surface area (Å²) in [6.45, 7) is 12.2. The second-order valence-corrected chi connectivity index (χ2v) is 9.58. The molecule has 34 heavy (non-hydrogen) atoms. The summed E-state index contributed by atoms with van der Waals surface area (Å²) in [5, 5.41) is 0. The molecular weight excluding hydrogens is 430 g/mol. The Morgan fingerprint density at radius 3 is 2.12 bits per heavy atom. The van der Waals surface area contributed by atoms with Crippen LogP contribution in [0.25, 0.3) is 0 Å². The zero-order valence-corrected chi connectivity index (χ0v) is 21.7. The summed E-state index contributed by atoms with van der Waals surface area (Å²) in [6.07, 6.45) is 5.46. The van der Waals surface area contributed by atoms with Gasteiger partial charge in [-0.3, -0.25) is 19.2 Å². The molecule has 0 saturated carbocycles. The Labute approximate surface area is 204 Å². The molecule has 0 aliphatic carbocycles. The molecule has 2 rings (SSSR count). The van der Waals surface area contributed by atoms with Crippen molar-refractivity contribution < 1.29 is 24.0 Å². The standard InChI is InChI=1S/C19H25NO3.C9H16O2/c1-13(2)19(23)17-5-4-16(12-18(17)14(3)22)20-9-6-15(7-10-20)8-11-21;1-4-9(11)6-5-7(2)8(3)10/h4-5,11-13,15H,6-10H2,1-3H3;7H,4-6H2,1-3H3. The molecule has 0 bridgehead atoms. The van der Waals surface area contributed by atoms with Gasteiger partial charge in [0.15, 0.2) is 11.6 Å². The van der Waals surface area contributed by atoms with Crippen LogP contribution in [0.5, 0.6) is 0 Å². The smallest absolute Gasteiger partial charge is 0.166 e. The van der Waals surface area contributed by atoms with E-state index in [9.17, 15) is 24.0 Å². The van der Waals surface area contributed by atoms with Gasteiger partial charge >= 0.3 is 0 Å². The maximum Gasteiger partial charge on any atom is 0.166 e. The van der Waals surface area contributed by atoms with E-state index in [1.807, 2.05) is 39.8 Å². The minimum Gasteiger partial charge on any atom is -0.371 e. The summed E-state index contributed by atoms with van der Waals surface area (Å²) >= 11 is 0. The van der Waals surface area contributed by atoms with Gasteiger partial charge in [-0.05, 0) is 57.2 Å². The van der Waals surface area contributed by atoms with Crippen LogP contribution in [-0.4, -0.2) is 42.5 Å². The molecule has 0 amide bonds. The second kappa shape index (κ2) is 14.6. The van der Waals surface area contributed by atoms with Crippen molar-refractivity contribution in [3.8, 4) is 0 Å². The topological polar surface area (TPSA) is 88.6 Å². The highest BCUT2D eigenvalue weighted by Gasteiger charge is 2.22. The highest BCUT2D eigenvalue weighted by atomic mass is 16.1. The number of carbonyl (C=O) groups is 5. The molecular formula is C28H41NO5. The van der Waals surface area contributed by atoms with E-state index in [1.54, 1.807) is 13.0 Å². The van der Waals surface area contributed by atoms with Crippen LogP contribution in [-0.2, 0) is 14.4 Å². The van der Waals surface area contributed by atoms with Crippen molar-refractivity contribution in [3.05, 3.63) is 29.3 Å². The van der Waals surface area contributed by atoms with Gasteiger partial charge in [-0.1, -0.05) is 27.7 Å². The molecule has 6 nitrogen and oxygen atoms in total. The van der Waals surface area contributed by atoms with Crippen LogP contribution < -0.4 is 4.90 Å². The third-order valence-electron chi connectivity index (χ3n) is 6.53. The van der Waals surface area contributed by atoms with Crippen LogP contribution in [0.4, 0.5) is 5.69 Å². The Morgan fingerprint density at radius 1 is 1.03 bits per heavy atom. The van der Waals surface area contributed by atoms with Gasteiger partial charge < -0.3 is 9.69 Å². The van der Waals surface area contributed by atoms with Crippen molar-refractivity contribution in [1.82, 2.24) is 0 Å². The Balaban J connectivity index is 0.000000445. The van der Waals surface area contributed by atoms with Gasteiger partial charge in [0, 0.05) is 61.0 Å². The number of carbonyl (C=O) groups excluding carboxylic acids is 5. The fraction of sp³-hybridized carbons (Fsp3) is 0.607. The lowest BCUT2D eigenvalue weighted by molar-refractivity contribution is -0.121. The maximum atomic E-state index is 12.3. The predicted molar refractivity (Wildman–Crippen MR) is 136 cm³/mol. The zero-order chi connectivity index (χ0) is 25.8. The average molecular weight is 472 g/mol. The normalized spacial score (nSPS) is 14.7. The summed E-state index contributed by atoms with van der Waals surface area (Å²) in [4.78, 5) is 58.6. The van der Waals surface area contributed by atoms with Gasteiger partial charge in [-0.2, -0.15) is 0 Å². The maximum absolute atomic E-state index is 12.3. The number of aldehydes is 1. The molecule has 1 fully saturated rings. The van der Waals surface area contributed by atoms with Gasteiger partial charge in [-0.25, -0.2) is 0 Å². The molecule has 1 saturated heterocycles. The van der Waals surface area contributed by atoms with Crippen molar-refractivity contribution >= 4 is 35.1 Å². The molecule has 1 aromatic carbocycles. The molecule has 0 aromatic heterocycles. The minimum absolute atomic E-state index is 0.00596. The molecule has 1 aliphatic rings. The van der Waals surface area contributed by atoms with E-state index < -0.39 is 0 Å². The van der Waals surface area contributed by atoms with Crippen molar-refractivity contribution in [2.24, 2.45) is 17.8 Å². The van der Waals surface area contributed by atoms with E-state index in [2.05, 4.69) is 4.90 Å². The lowest BCUT2D eigenvalue weighted by atomic mass is 9.92. The van der Waals surface area contributed by atoms with E-state index in [4.69, 9.17) is 0 Å². The third-order valence-corrected chi connectivity index (χ3v) is 6.53. The SMILES string of the molecule is CC(=O)c1cc(N2CCC(CC=O)CC2)ccc1C(=O)C(C)C.CCC(=O)CCC(C)C(C)=O. The molecule has 1 aliphatic heterocycles. The number of piperidine rings is 1. The van der Waals surface area contributed by atoms with E-state index in [-0.39, 0.29) is 35.0 Å². The van der Waals surface area contributed by atoms with Gasteiger partial charge in [0.05, 0.1) is 0 Å². The number of benzene rings is 1. The molecule has 0 N–H and O–H groups in total. The van der Waals surface area contributed by atoms with Crippen LogP contribution in [0.15, 0.2) is 18.2 Å². The fourth-order valence-corrected chi connectivity index (χ4v) is 3.87. The van der Waals surface area contributed by atoms with Crippen molar-refractivity contribution in [3.63, 3.8) is 0 Å². The van der Waals surface area contributed by atoms with Gasteiger partial charge in [-0.15, -0.1) is 0 Å². The largest absolute Gasteiger partial charge is 0.371 e. The van der Waals surface area contributed by atoms with E-state index in [0.29, 0.717) is 42.7 Å². The van der Waals surface area contributed by atoms with Crippen LogP contribution in [0.2, 0.25) is 0 Å². The predicted octanol–water partition coefficient (Wildman–Crippen LogP) is 5.50. The number of nitrogens with zero attached hydrogens (tertiary/aromatic N) is 1. The first-order chi connectivity index (χ1) is 16.0. The Kier molecular flexibility index (Phi) is 12.6. The van der Waals surface area contributed by atoms with Crippen LogP contribution in [0, 0.1) is 17.8 Å². The fourth-order valence-electron chi connectivity index (χ4n) is 3.87. The highest BCUT2D eigenvalue weighted by molar-refractivity contribution is 6.09. The van der Waals surface area contributed by atoms with Gasteiger partial charge in [0.2, 0.25) is 0 Å². The first-order valence-electron chi connectivity index (χ1n) is 12.4. The van der Waals surface area contributed by atoms with E-state index in [0.717, 1.165) is 37.9 Å². The van der Waals surface area contributed by atoms with Crippen LogP contribution in [0.1, 0.15) is 101 Å². The molecule has 1 atom stereocenters. The summed E-state index contributed by atoms with van der Waals surface area (Å²) in [5.41, 5.74) is 2.02. The quantitative estimate of drug-likeness (QED) is 0.313. The molecule has 1 heterocycles.